The van der Waals surface area contributed by atoms with Crippen LogP contribution in [0.15, 0.2) is 24.3 Å². The summed E-state index contributed by atoms with van der Waals surface area (Å²) in [7, 11) is 1.40. The van der Waals surface area contributed by atoms with Gasteiger partial charge in [0.15, 0.2) is 0 Å². The van der Waals surface area contributed by atoms with E-state index in [1.54, 1.807) is 0 Å². The van der Waals surface area contributed by atoms with Gasteiger partial charge in [0.25, 0.3) is 5.91 Å². The quantitative estimate of drug-likeness (QED) is 0.795. The standard InChI is InChI=1S/C16H18N2O3/c1-21-14(19)12-9-10-5-4-8-18(10)16(12)11-6-2-3-7-13(11)17-15(16)20/h2-3,6-7,10,12H,4-5,8-9H2,1H3,(H,17,20). The molecular formula is C16H18N2O3. The molecule has 0 aliphatic carbocycles. The summed E-state index contributed by atoms with van der Waals surface area (Å²) >= 11 is 0. The highest BCUT2D eigenvalue weighted by Gasteiger charge is 2.65. The minimum Gasteiger partial charge on any atom is -0.469 e. The second-order valence-corrected chi connectivity index (χ2v) is 6.07. The van der Waals surface area contributed by atoms with Gasteiger partial charge < -0.3 is 10.1 Å². The number of hydrogen-bond acceptors (Lipinski definition) is 4. The molecule has 0 aromatic heterocycles. The van der Waals surface area contributed by atoms with Gasteiger partial charge in [-0.1, -0.05) is 18.2 Å². The van der Waals surface area contributed by atoms with E-state index in [9.17, 15) is 9.59 Å². The lowest BCUT2D eigenvalue weighted by molar-refractivity contribution is -0.152. The van der Waals surface area contributed by atoms with E-state index in [-0.39, 0.29) is 11.9 Å². The number of carbonyl (C=O) groups excluding carboxylic acids is 2. The minimum atomic E-state index is -0.870. The maximum atomic E-state index is 12.9. The van der Waals surface area contributed by atoms with E-state index in [2.05, 4.69) is 10.2 Å². The number of esters is 1. The van der Waals surface area contributed by atoms with Crippen LogP contribution >= 0.6 is 0 Å². The molecule has 3 atom stereocenters. The van der Waals surface area contributed by atoms with Crippen LogP contribution in [0, 0.1) is 5.92 Å². The number of hydrogen-bond donors (Lipinski definition) is 1. The maximum absolute atomic E-state index is 12.9. The van der Waals surface area contributed by atoms with Crippen molar-refractivity contribution in [2.75, 3.05) is 19.0 Å². The Balaban J connectivity index is 1.93. The van der Waals surface area contributed by atoms with E-state index in [1.165, 1.54) is 7.11 Å². The smallest absolute Gasteiger partial charge is 0.311 e. The lowest BCUT2D eigenvalue weighted by Gasteiger charge is -2.35. The van der Waals surface area contributed by atoms with Gasteiger partial charge in [0, 0.05) is 17.3 Å². The first-order chi connectivity index (χ1) is 10.2. The predicted molar refractivity (Wildman–Crippen MR) is 76.6 cm³/mol. The van der Waals surface area contributed by atoms with Crippen LogP contribution in [0.4, 0.5) is 5.69 Å². The van der Waals surface area contributed by atoms with Crippen LogP contribution in [0.1, 0.15) is 24.8 Å². The number of nitrogens with one attached hydrogen (secondary N) is 1. The number of rotatable bonds is 1. The molecule has 1 N–H and O–H groups in total. The number of fused-ring (bicyclic) bond motifs is 4. The van der Waals surface area contributed by atoms with Crippen molar-refractivity contribution in [3.63, 3.8) is 0 Å². The van der Waals surface area contributed by atoms with Crippen LogP contribution < -0.4 is 5.32 Å². The molecule has 2 saturated heterocycles. The Hall–Kier alpha value is -1.88. The molecule has 2 fully saturated rings. The zero-order valence-electron chi connectivity index (χ0n) is 12.0. The van der Waals surface area contributed by atoms with Crippen molar-refractivity contribution in [1.29, 1.82) is 0 Å². The number of ether oxygens (including phenoxy) is 1. The van der Waals surface area contributed by atoms with Crippen molar-refractivity contribution in [3.8, 4) is 0 Å². The van der Waals surface area contributed by atoms with Crippen molar-refractivity contribution >= 4 is 17.6 Å². The average Bonchev–Trinajstić information content (AvgIpc) is 3.13. The fourth-order valence-corrected chi connectivity index (χ4v) is 4.49. The summed E-state index contributed by atoms with van der Waals surface area (Å²) in [6.07, 6.45) is 2.83. The minimum absolute atomic E-state index is 0.0801. The van der Waals surface area contributed by atoms with Gasteiger partial charge in [-0.15, -0.1) is 0 Å². The largest absolute Gasteiger partial charge is 0.469 e. The Labute approximate surface area is 123 Å². The van der Waals surface area contributed by atoms with Crippen LogP contribution in [-0.4, -0.2) is 36.5 Å². The molecule has 0 radical (unpaired) electrons. The summed E-state index contributed by atoms with van der Waals surface area (Å²) in [4.78, 5) is 27.4. The van der Waals surface area contributed by atoms with Crippen molar-refractivity contribution in [3.05, 3.63) is 29.8 Å². The third-order valence-corrected chi connectivity index (χ3v) is 5.26. The molecule has 5 heteroatoms. The lowest BCUT2D eigenvalue weighted by Crippen LogP contribution is -2.52. The first-order valence-electron chi connectivity index (χ1n) is 7.45. The van der Waals surface area contributed by atoms with Gasteiger partial charge in [-0.05, 0) is 31.9 Å². The van der Waals surface area contributed by atoms with Crippen LogP contribution in [0.5, 0.6) is 0 Å². The Morgan fingerprint density at radius 1 is 1.43 bits per heavy atom. The van der Waals surface area contributed by atoms with E-state index in [0.717, 1.165) is 30.6 Å². The van der Waals surface area contributed by atoms with Gasteiger partial charge in [0.2, 0.25) is 0 Å². The number of carbonyl (C=O) groups is 2. The summed E-state index contributed by atoms with van der Waals surface area (Å²) in [6.45, 7) is 0.861. The molecule has 3 unspecified atom stereocenters. The summed E-state index contributed by atoms with van der Waals surface area (Å²) in [5.74, 6) is -0.781. The summed E-state index contributed by atoms with van der Waals surface area (Å²) < 4.78 is 5.00. The van der Waals surface area contributed by atoms with Gasteiger partial charge in [-0.25, -0.2) is 0 Å². The second kappa shape index (κ2) is 4.31. The molecule has 3 heterocycles. The Kier molecular flexibility index (Phi) is 2.63. The van der Waals surface area contributed by atoms with Gasteiger partial charge in [0.05, 0.1) is 13.0 Å². The van der Waals surface area contributed by atoms with E-state index in [4.69, 9.17) is 4.74 Å². The molecule has 1 amide bonds. The molecule has 3 aliphatic heterocycles. The van der Waals surface area contributed by atoms with Gasteiger partial charge in [-0.3, -0.25) is 14.5 Å². The topological polar surface area (TPSA) is 58.6 Å². The van der Waals surface area contributed by atoms with Gasteiger partial charge in [-0.2, -0.15) is 0 Å². The van der Waals surface area contributed by atoms with E-state index in [1.807, 2.05) is 24.3 Å². The van der Waals surface area contributed by atoms with Crippen LogP contribution in [0.3, 0.4) is 0 Å². The molecule has 1 aromatic carbocycles. The Bertz CT molecular complexity index is 630. The molecule has 5 nitrogen and oxygen atoms in total. The summed E-state index contributed by atoms with van der Waals surface area (Å²) in [6, 6.07) is 8.00. The molecule has 4 rings (SSSR count). The van der Waals surface area contributed by atoms with Crippen LogP contribution in [-0.2, 0) is 19.9 Å². The molecule has 1 aromatic rings. The second-order valence-electron chi connectivity index (χ2n) is 6.07. The number of benzene rings is 1. The molecular weight excluding hydrogens is 268 g/mol. The Morgan fingerprint density at radius 2 is 2.24 bits per heavy atom. The van der Waals surface area contributed by atoms with Crippen molar-refractivity contribution in [1.82, 2.24) is 4.90 Å². The number of amides is 1. The highest BCUT2D eigenvalue weighted by atomic mass is 16.5. The number of nitrogens with zero attached hydrogens (tertiary/aromatic N) is 1. The summed E-state index contributed by atoms with van der Waals surface area (Å²) in [5, 5.41) is 2.96. The predicted octanol–water partition coefficient (Wildman–Crippen LogP) is 1.49. The van der Waals surface area contributed by atoms with Gasteiger partial charge in [0.1, 0.15) is 5.54 Å². The van der Waals surface area contributed by atoms with Crippen molar-refractivity contribution in [2.24, 2.45) is 5.92 Å². The zero-order chi connectivity index (χ0) is 14.6. The van der Waals surface area contributed by atoms with Gasteiger partial charge >= 0.3 is 5.97 Å². The van der Waals surface area contributed by atoms with E-state index < -0.39 is 11.5 Å². The maximum Gasteiger partial charge on any atom is 0.311 e. The van der Waals surface area contributed by atoms with Crippen LogP contribution in [0.25, 0.3) is 0 Å². The van der Waals surface area contributed by atoms with Crippen LogP contribution in [0.2, 0.25) is 0 Å². The zero-order valence-corrected chi connectivity index (χ0v) is 12.0. The van der Waals surface area contributed by atoms with Crippen molar-refractivity contribution < 1.29 is 14.3 Å². The normalized spacial score (nSPS) is 33.9. The average molecular weight is 286 g/mol. The highest BCUT2D eigenvalue weighted by Crippen LogP contribution is 2.55. The number of methoxy groups -OCH3 is 1. The fraction of sp³-hybridized carbons (Fsp3) is 0.500. The monoisotopic (exact) mass is 286 g/mol. The van der Waals surface area contributed by atoms with Crippen molar-refractivity contribution in [2.45, 2.75) is 30.8 Å². The number of para-hydroxylation sites is 1. The third kappa shape index (κ3) is 1.44. The Morgan fingerprint density at radius 3 is 3.05 bits per heavy atom. The summed E-state index contributed by atoms with van der Waals surface area (Å²) in [5.41, 5.74) is 0.879. The van der Waals surface area contributed by atoms with E-state index in [0.29, 0.717) is 12.5 Å². The molecule has 3 aliphatic rings. The highest BCUT2D eigenvalue weighted by molar-refractivity contribution is 6.08. The molecule has 0 saturated carbocycles. The first-order valence-corrected chi connectivity index (χ1v) is 7.45. The van der Waals surface area contributed by atoms with E-state index >= 15 is 0 Å². The fourth-order valence-electron chi connectivity index (χ4n) is 4.49. The first kappa shape index (κ1) is 12.8. The third-order valence-electron chi connectivity index (χ3n) is 5.26. The molecule has 1 spiro atoms. The molecule has 110 valence electrons. The lowest BCUT2D eigenvalue weighted by atomic mass is 9.79. The number of anilines is 1. The molecule has 0 bridgehead atoms. The molecule has 21 heavy (non-hydrogen) atoms. The SMILES string of the molecule is COC(=O)C1CC2CCCN2C12C(=O)Nc1ccccc12.